The van der Waals surface area contributed by atoms with Crippen molar-refractivity contribution >= 4 is 16.6 Å². The molecule has 0 radical (unpaired) electrons. The largest absolute Gasteiger partial charge is 0.488 e. The molecular weight excluding hydrogens is 409 g/mol. The molecule has 1 atom stereocenters. The van der Waals surface area contributed by atoms with Crippen LogP contribution in [-0.4, -0.2) is 44.8 Å². The third-order valence-electron chi connectivity index (χ3n) is 7.69. The van der Waals surface area contributed by atoms with Crippen LogP contribution in [0.25, 0.3) is 22.3 Å². The third kappa shape index (κ3) is 2.88. The zero-order valence-electron chi connectivity index (χ0n) is 18.1. The summed E-state index contributed by atoms with van der Waals surface area (Å²) in [5.41, 5.74) is 2.33. The van der Waals surface area contributed by atoms with Gasteiger partial charge in [-0.2, -0.15) is 10.2 Å². The molecule has 1 saturated heterocycles. The number of ether oxygens (including phenoxy) is 1. The molecular formula is C24H26FN5O2. The zero-order chi connectivity index (χ0) is 21.7. The maximum Gasteiger partial charge on any atom is 0.290 e. The highest BCUT2D eigenvalue weighted by Crippen LogP contribution is 2.54. The van der Waals surface area contributed by atoms with Gasteiger partial charge in [0.25, 0.3) is 5.56 Å². The van der Waals surface area contributed by atoms with Crippen molar-refractivity contribution in [3.63, 3.8) is 0 Å². The Morgan fingerprint density at radius 3 is 2.69 bits per heavy atom. The normalized spacial score (nSPS) is 24.9. The predicted octanol–water partition coefficient (Wildman–Crippen LogP) is 3.99. The van der Waals surface area contributed by atoms with E-state index in [9.17, 15) is 9.18 Å². The molecule has 0 bridgehead atoms. The Kier molecular flexibility index (Phi) is 3.56. The van der Waals surface area contributed by atoms with Crippen molar-refractivity contribution in [2.75, 3.05) is 18.0 Å². The van der Waals surface area contributed by atoms with Gasteiger partial charge in [-0.25, -0.2) is 9.07 Å². The van der Waals surface area contributed by atoms with Gasteiger partial charge in [0.2, 0.25) is 0 Å². The molecule has 3 aromatic rings. The van der Waals surface area contributed by atoms with E-state index in [1.807, 2.05) is 23.1 Å². The molecule has 1 unspecified atom stereocenters. The SMILES string of the molecule is CC1(Oc2ccc3[nH]nc(-c4cc(N5CC(F)C6(CC6)C5)c(=O)n(C5CC5)n4)c3c2)CC1. The van der Waals surface area contributed by atoms with Crippen molar-refractivity contribution in [1.29, 1.82) is 0 Å². The minimum Gasteiger partial charge on any atom is -0.488 e. The molecule has 1 spiro atoms. The number of fused-ring (bicyclic) bond motifs is 1. The van der Waals surface area contributed by atoms with Crippen molar-refractivity contribution in [3.05, 3.63) is 34.6 Å². The number of halogens is 1. The van der Waals surface area contributed by atoms with Crippen LogP contribution in [0.5, 0.6) is 5.75 Å². The summed E-state index contributed by atoms with van der Waals surface area (Å²) in [5, 5.41) is 13.2. The second-order valence-corrected chi connectivity index (χ2v) is 10.4. The molecule has 7 rings (SSSR count). The molecule has 7 nitrogen and oxygen atoms in total. The van der Waals surface area contributed by atoms with E-state index < -0.39 is 6.17 Å². The zero-order valence-corrected chi connectivity index (χ0v) is 18.1. The molecule has 8 heteroatoms. The van der Waals surface area contributed by atoms with Gasteiger partial charge in [-0.3, -0.25) is 9.89 Å². The predicted molar refractivity (Wildman–Crippen MR) is 119 cm³/mol. The van der Waals surface area contributed by atoms with Gasteiger partial charge < -0.3 is 9.64 Å². The van der Waals surface area contributed by atoms with Crippen molar-refractivity contribution in [2.24, 2.45) is 5.41 Å². The van der Waals surface area contributed by atoms with Gasteiger partial charge in [0.05, 0.1) is 11.6 Å². The Balaban J connectivity index is 1.33. The third-order valence-corrected chi connectivity index (χ3v) is 7.69. The lowest BCUT2D eigenvalue weighted by Crippen LogP contribution is -2.32. The fraction of sp³-hybridized carbons (Fsp3) is 0.542. The number of anilines is 1. The number of aromatic nitrogens is 4. The monoisotopic (exact) mass is 435 g/mol. The fourth-order valence-corrected chi connectivity index (χ4v) is 4.97. The van der Waals surface area contributed by atoms with Crippen LogP contribution >= 0.6 is 0 Å². The molecule has 2 aromatic heterocycles. The molecule has 4 aliphatic rings. The van der Waals surface area contributed by atoms with Crippen molar-refractivity contribution < 1.29 is 9.13 Å². The summed E-state index contributed by atoms with van der Waals surface area (Å²) >= 11 is 0. The molecule has 3 heterocycles. The molecule has 166 valence electrons. The van der Waals surface area contributed by atoms with E-state index in [4.69, 9.17) is 9.84 Å². The number of alkyl halides is 1. The Morgan fingerprint density at radius 2 is 2.00 bits per heavy atom. The lowest BCUT2D eigenvalue weighted by molar-refractivity contribution is 0.200. The van der Waals surface area contributed by atoms with Crippen LogP contribution in [0.3, 0.4) is 0 Å². The Labute approximate surface area is 184 Å². The van der Waals surface area contributed by atoms with E-state index in [0.29, 0.717) is 23.6 Å². The molecule has 3 saturated carbocycles. The number of hydrogen-bond acceptors (Lipinski definition) is 5. The first-order valence-electron chi connectivity index (χ1n) is 11.6. The average Bonchev–Trinajstić information content (AvgIpc) is 3.69. The van der Waals surface area contributed by atoms with Crippen LogP contribution in [0.4, 0.5) is 10.1 Å². The van der Waals surface area contributed by atoms with Crippen LogP contribution in [0.2, 0.25) is 0 Å². The lowest BCUT2D eigenvalue weighted by Gasteiger charge is -2.19. The van der Waals surface area contributed by atoms with Gasteiger partial charge in [0, 0.05) is 23.9 Å². The first-order chi connectivity index (χ1) is 15.4. The van der Waals surface area contributed by atoms with Gasteiger partial charge >= 0.3 is 0 Å². The van der Waals surface area contributed by atoms with Crippen LogP contribution in [0.15, 0.2) is 29.1 Å². The van der Waals surface area contributed by atoms with Gasteiger partial charge in [-0.1, -0.05) is 0 Å². The lowest BCUT2D eigenvalue weighted by atomic mass is 10.1. The highest BCUT2D eigenvalue weighted by molar-refractivity contribution is 5.93. The van der Waals surface area contributed by atoms with Gasteiger partial charge in [0.1, 0.15) is 34.6 Å². The van der Waals surface area contributed by atoms with Gasteiger partial charge in [-0.05, 0) is 69.7 Å². The summed E-state index contributed by atoms with van der Waals surface area (Å²) in [6, 6.07) is 7.85. The maximum atomic E-state index is 14.7. The summed E-state index contributed by atoms with van der Waals surface area (Å²) in [6.07, 6.45) is 4.96. The highest BCUT2D eigenvalue weighted by Gasteiger charge is 2.56. The minimum atomic E-state index is -0.873. The first kappa shape index (κ1) is 18.7. The van der Waals surface area contributed by atoms with E-state index >= 15 is 0 Å². The number of nitrogens with one attached hydrogen (secondary N) is 1. The summed E-state index contributed by atoms with van der Waals surface area (Å²) < 4.78 is 22.4. The van der Waals surface area contributed by atoms with Crippen LogP contribution in [0, 0.1) is 5.41 Å². The number of hydrogen-bond donors (Lipinski definition) is 1. The molecule has 0 amide bonds. The van der Waals surface area contributed by atoms with Crippen molar-refractivity contribution in [1.82, 2.24) is 20.0 Å². The Bertz CT molecular complexity index is 1300. The molecule has 32 heavy (non-hydrogen) atoms. The van der Waals surface area contributed by atoms with E-state index in [-0.39, 0.29) is 29.2 Å². The second kappa shape index (κ2) is 6.11. The van der Waals surface area contributed by atoms with Gasteiger partial charge in [0.15, 0.2) is 0 Å². The average molecular weight is 436 g/mol. The van der Waals surface area contributed by atoms with E-state index in [0.717, 1.165) is 55.2 Å². The smallest absolute Gasteiger partial charge is 0.290 e. The number of rotatable bonds is 5. The summed E-state index contributed by atoms with van der Waals surface area (Å²) in [5.74, 6) is 0.811. The van der Waals surface area contributed by atoms with E-state index in [1.165, 1.54) is 0 Å². The summed E-state index contributed by atoms with van der Waals surface area (Å²) in [7, 11) is 0. The summed E-state index contributed by atoms with van der Waals surface area (Å²) in [4.78, 5) is 15.2. The van der Waals surface area contributed by atoms with Gasteiger partial charge in [-0.15, -0.1) is 0 Å². The van der Waals surface area contributed by atoms with Crippen molar-refractivity contribution in [3.8, 4) is 17.1 Å². The number of aromatic amines is 1. The highest BCUT2D eigenvalue weighted by atomic mass is 19.1. The molecule has 4 fully saturated rings. The van der Waals surface area contributed by atoms with Crippen molar-refractivity contribution in [2.45, 2.75) is 63.3 Å². The molecule has 1 aromatic carbocycles. The Morgan fingerprint density at radius 1 is 1.19 bits per heavy atom. The quantitative estimate of drug-likeness (QED) is 0.656. The fourth-order valence-electron chi connectivity index (χ4n) is 4.97. The topological polar surface area (TPSA) is 76.0 Å². The number of H-pyrrole nitrogens is 1. The van der Waals surface area contributed by atoms with E-state index in [2.05, 4.69) is 17.1 Å². The second-order valence-electron chi connectivity index (χ2n) is 10.4. The summed E-state index contributed by atoms with van der Waals surface area (Å²) in [6.45, 7) is 3.00. The van der Waals surface area contributed by atoms with E-state index in [1.54, 1.807) is 10.7 Å². The number of nitrogens with zero attached hydrogens (tertiary/aromatic N) is 4. The maximum absolute atomic E-state index is 14.7. The standard InChI is InChI=1S/C24H26FN5O2/c1-23(6-7-23)32-15-4-5-17-16(10-15)21(27-26-17)18-11-19(22(31)30(28-18)14-2-3-14)29-12-20(25)24(13-29)8-9-24/h4-5,10-11,14,20H,2-3,6-9,12-13H2,1H3,(H,26,27). The Hall–Kier alpha value is -2.90. The van der Waals surface area contributed by atoms with Crippen LogP contribution in [-0.2, 0) is 0 Å². The number of benzene rings is 1. The van der Waals surface area contributed by atoms with Crippen LogP contribution < -0.4 is 15.2 Å². The molecule has 3 aliphatic carbocycles. The first-order valence-corrected chi connectivity index (χ1v) is 11.6. The van der Waals surface area contributed by atoms with Crippen LogP contribution in [0.1, 0.15) is 51.5 Å². The minimum absolute atomic E-state index is 0.0698. The molecule has 1 aliphatic heterocycles. The molecule has 1 N–H and O–H groups in total.